The van der Waals surface area contributed by atoms with E-state index in [1.54, 1.807) is 0 Å². The number of hydrogen-bond acceptors (Lipinski definition) is 3. The molecule has 1 heterocycles. The van der Waals surface area contributed by atoms with Crippen molar-refractivity contribution in [2.24, 2.45) is 5.92 Å². The second kappa shape index (κ2) is 7.20. The van der Waals surface area contributed by atoms with Gasteiger partial charge in [-0.2, -0.15) is 0 Å². The minimum atomic E-state index is 0.650. The van der Waals surface area contributed by atoms with Gasteiger partial charge in [-0.05, 0) is 32.4 Å². The number of likely N-dealkylation sites (tertiary alicyclic amines) is 1. The molecule has 0 aromatic carbocycles. The standard InChI is InChI=1S/C12H26N2O/c1-11(2)10-15-8-7-14-6-4-5-12(14)9-13-3/h11-13H,4-10H2,1-3H3. The maximum absolute atomic E-state index is 5.62. The fraction of sp³-hybridized carbons (Fsp3) is 1.00. The summed E-state index contributed by atoms with van der Waals surface area (Å²) < 4.78 is 5.62. The Labute approximate surface area is 94.2 Å². The van der Waals surface area contributed by atoms with Gasteiger partial charge in [0.25, 0.3) is 0 Å². The van der Waals surface area contributed by atoms with E-state index < -0.39 is 0 Å². The van der Waals surface area contributed by atoms with Gasteiger partial charge in [0.2, 0.25) is 0 Å². The van der Waals surface area contributed by atoms with E-state index in [2.05, 4.69) is 24.1 Å². The van der Waals surface area contributed by atoms with Crippen LogP contribution in [0.15, 0.2) is 0 Å². The van der Waals surface area contributed by atoms with Crippen molar-refractivity contribution in [2.45, 2.75) is 32.7 Å². The summed E-state index contributed by atoms with van der Waals surface area (Å²) in [5, 5.41) is 3.27. The molecule has 0 aromatic heterocycles. The third kappa shape index (κ3) is 4.96. The zero-order valence-corrected chi connectivity index (χ0v) is 10.5. The predicted octanol–water partition coefficient (Wildman–Crippen LogP) is 1.34. The Kier molecular flexibility index (Phi) is 6.22. The average Bonchev–Trinajstić information content (AvgIpc) is 2.61. The first-order chi connectivity index (χ1) is 7.24. The zero-order chi connectivity index (χ0) is 11.1. The van der Waals surface area contributed by atoms with Gasteiger partial charge in [0.1, 0.15) is 0 Å². The molecule has 0 aromatic rings. The Bertz CT molecular complexity index is 162. The lowest BCUT2D eigenvalue weighted by Crippen LogP contribution is -2.38. The number of ether oxygens (including phenoxy) is 1. The first-order valence-corrected chi connectivity index (χ1v) is 6.20. The number of likely N-dealkylation sites (N-methyl/N-ethyl adjacent to an activating group) is 1. The summed E-state index contributed by atoms with van der Waals surface area (Å²) >= 11 is 0. The van der Waals surface area contributed by atoms with Gasteiger partial charge < -0.3 is 10.1 Å². The minimum Gasteiger partial charge on any atom is -0.380 e. The molecule has 0 spiro atoms. The lowest BCUT2D eigenvalue weighted by Gasteiger charge is -2.24. The maximum atomic E-state index is 5.62. The molecule has 3 nitrogen and oxygen atoms in total. The van der Waals surface area contributed by atoms with Crippen LogP contribution in [0, 0.1) is 5.92 Å². The third-order valence-corrected chi connectivity index (χ3v) is 2.91. The Morgan fingerprint density at radius 1 is 1.47 bits per heavy atom. The SMILES string of the molecule is CNCC1CCCN1CCOCC(C)C. The van der Waals surface area contributed by atoms with Crippen LogP contribution in [0.4, 0.5) is 0 Å². The molecule has 0 saturated carbocycles. The Morgan fingerprint density at radius 3 is 2.93 bits per heavy atom. The summed E-state index contributed by atoms with van der Waals surface area (Å²) in [5.41, 5.74) is 0. The summed E-state index contributed by atoms with van der Waals surface area (Å²) in [6.07, 6.45) is 2.68. The van der Waals surface area contributed by atoms with E-state index in [-0.39, 0.29) is 0 Å². The van der Waals surface area contributed by atoms with Gasteiger partial charge in [0.15, 0.2) is 0 Å². The van der Waals surface area contributed by atoms with Gasteiger partial charge >= 0.3 is 0 Å². The highest BCUT2D eigenvalue weighted by Gasteiger charge is 2.22. The molecular weight excluding hydrogens is 188 g/mol. The minimum absolute atomic E-state index is 0.650. The molecule has 1 fully saturated rings. The molecule has 0 radical (unpaired) electrons. The van der Waals surface area contributed by atoms with Gasteiger partial charge in [-0.1, -0.05) is 13.8 Å². The van der Waals surface area contributed by atoms with Crippen molar-refractivity contribution in [3.05, 3.63) is 0 Å². The quantitative estimate of drug-likeness (QED) is 0.647. The molecule has 1 N–H and O–H groups in total. The topological polar surface area (TPSA) is 24.5 Å². The predicted molar refractivity (Wildman–Crippen MR) is 64.2 cm³/mol. The van der Waals surface area contributed by atoms with Crippen molar-refractivity contribution < 1.29 is 4.74 Å². The molecule has 1 unspecified atom stereocenters. The van der Waals surface area contributed by atoms with Crippen molar-refractivity contribution in [1.29, 1.82) is 0 Å². The van der Waals surface area contributed by atoms with Crippen LogP contribution in [0.25, 0.3) is 0 Å². The first-order valence-electron chi connectivity index (χ1n) is 6.20. The van der Waals surface area contributed by atoms with Crippen LogP contribution in [0.3, 0.4) is 0 Å². The molecule has 1 atom stereocenters. The van der Waals surface area contributed by atoms with E-state index in [0.717, 1.165) is 32.3 Å². The number of rotatable bonds is 7. The Hall–Kier alpha value is -0.120. The molecule has 3 heteroatoms. The van der Waals surface area contributed by atoms with Crippen molar-refractivity contribution in [3.63, 3.8) is 0 Å². The number of nitrogens with one attached hydrogen (secondary N) is 1. The monoisotopic (exact) mass is 214 g/mol. The average molecular weight is 214 g/mol. The van der Waals surface area contributed by atoms with Crippen LogP contribution in [0.5, 0.6) is 0 Å². The van der Waals surface area contributed by atoms with Crippen molar-refractivity contribution in [3.8, 4) is 0 Å². The van der Waals surface area contributed by atoms with Crippen molar-refractivity contribution >= 4 is 0 Å². The molecule has 0 amide bonds. The second-order valence-electron chi connectivity index (χ2n) is 4.86. The van der Waals surface area contributed by atoms with Crippen LogP contribution in [-0.4, -0.2) is 50.8 Å². The molecule has 1 aliphatic heterocycles. The van der Waals surface area contributed by atoms with Gasteiger partial charge in [-0.15, -0.1) is 0 Å². The van der Waals surface area contributed by atoms with E-state index in [4.69, 9.17) is 4.74 Å². The third-order valence-electron chi connectivity index (χ3n) is 2.91. The van der Waals surface area contributed by atoms with Gasteiger partial charge in [-0.3, -0.25) is 4.90 Å². The summed E-state index contributed by atoms with van der Waals surface area (Å²) in [5.74, 6) is 0.650. The van der Waals surface area contributed by atoms with Crippen LogP contribution in [0.2, 0.25) is 0 Å². The fourth-order valence-corrected chi connectivity index (χ4v) is 2.16. The molecule has 0 bridgehead atoms. The highest BCUT2D eigenvalue weighted by atomic mass is 16.5. The van der Waals surface area contributed by atoms with Gasteiger partial charge in [-0.25, -0.2) is 0 Å². The molecule has 15 heavy (non-hydrogen) atoms. The molecule has 1 aliphatic rings. The largest absolute Gasteiger partial charge is 0.380 e. The van der Waals surface area contributed by atoms with Crippen molar-refractivity contribution in [2.75, 3.05) is 39.9 Å². The van der Waals surface area contributed by atoms with Crippen LogP contribution in [-0.2, 0) is 4.74 Å². The highest BCUT2D eigenvalue weighted by Crippen LogP contribution is 2.15. The maximum Gasteiger partial charge on any atom is 0.0593 e. The van der Waals surface area contributed by atoms with Crippen LogP contribution in [0.1, 0.15) is 26.7 Å². The molecule has 1 rings (SSSR count). The van der Waals surface area contributed by atoms with E-state index >= 15 is 0 Å². The van der Waals surface area contributed by atoms with Crippen LogP contribution < -0.4 is 5.32 Å². The zero-order valence-electron chi connectivity index (χ0n) is 10.5. The second-order valence-corrected chi connectivity index (χ2v) is 4.86. The van der Waals surface area contributed by atoms with E-state index in [1.807, 2.05) is 7.05 Å². The van der Waals surface area contributed by atoms with Crippen molar-refractivity contribution in [1.82, 2.24) is 10.2 Å². The number of hydrogen-bond donors (Lipinski definition) is 1. The Balaban J connectivity index is 2.09. The summed E-state index contributed by atoms with van der Waals surface area (Å²) in [4.78, 5) is 2.55. The summed E-state index contributed by atoms with van der Waals surface area (Å²) in [6.45, 7) is 9.63. The van der Waals surface area contributed by atoms with Crippen LogP contribution >= 0.6 is 0 Å². The Morgan fingerprint density at radius 2 is 2.27 bits per heavy atom. The van der Waals surface area contributed by atoms with E-state index in [0.29, 0.717) is 5.92 Å². The smallest absolute Gasteiger partial charge is 0.0593 e. The number of nitrogens with zero attached hydrogens (tertiary/aromatic N) is 1. The van der Waals surface area contributed by atoms with E-state index in [1.165, 1.54) is 19.4 Å². The summed E-state index contributed by atoms with van der Waals surface area (Å²) in [7, 11) is 2.03. The first kappa shape index (κ1) is 12.9. The fourth-order valence-electron chi connectivity index (χ4n) is 2.16. The molecular formula is C12H26N2O. The lowest BCUT2D eigenvalue weighted by molar-refractivity contribution is 0.0821. The van der Waals surface area contributed by atoms with Gasteiger partial charge in [0.05, 0.1) is 6.61 Å². The summed E-state index contributed by atoms with van der Waals surface area (Å²) in [6, 6.07) is 0.734. The molecule has 1 saturated heterocycles. The lowest BCUT2D eigenvalue weighted by atomic mass is 10.2. The molecule has 0 aliphatic carbocycles. The highest BCUT2D eigenvalue weighted by molar-refractivity contribution is 4.80. The van der Waals surface area contributed by atoms with Gasteiger partial charge in [0, 0.05) is 25.7 Å². The normalized spacial score (nSPS) is 22.8. The molecule has 90 valence electrons. The van der Waals surface area contributed by atoms with E-state index in [9.17, 15) is 0 Å².